The maximum absolute atomic E-state index is 13.8. The van der Waals surface area contributed by atoms with Gasteiger partial charge in [-0.15, -0.1) is 0 Å². The first-order valence-electron chi connectivity index (χ1n) is 15.8. The van der Waals surface area contributed by atoms with E-state index in [1.807, 2.05) is 36.4 Å². The van der Waals surface area contributed by atoms with Gasteiger partial charge in [-0.3, -0.25) is 9.59 Å². The first-order chi connectivity index (χ1) is 21.1. The van der Waals surface area contributed by atoms with Crippen LogP contribution in [0.5, 0.6) is 0 Å². The molecule has 6 rings (SSSR count). The summed E-state index contributed by atoms with van der Waals surface area (Å²) in [5.41, 5.74) is 1.27. The highest BCUT2D eigenvalue weighted by molar-refractivity contribution is 6.20. The van der Waals surface area contributed by atoms with Gasteiger partial charge in [0.15, 0.2) is 11.6 Å². The van der Waals surface area contributed by atoms with Crippen LogP contribution in [0.25, 0.3) is 0 Å². The third-order valence-corrected chi connectivity index (χ3v) is 9.37. The maximum atomic E-state index is 13.8. The Morgan fingerprint density at radius 1 is 0.581 bits per heavy atom. The lowest BCUT2D eigenvalue weighted by molar-refractivity contribution is -0.180. The molecule has 1 saturated heterocycles. The number of carbonyl (C=O) groups is 2. The van der Waals surface area contributed by atoms with Gasteiger partial charge in [-0.05, 0) is 49.0 Å². The van der Waals surface area contributed by atoms with Gasteiger partial charge in [0.25, 0.3) is 0 Å². The number of ketones is 2. The van der Waals surface area contributed by atoms with Crippen LogP contribution in [0, 0.1) is 0 Å². The Hall–Kier alpha value is -2.94. The van der Waals surface area contributed by atoms with E-state index in [0.29, 0.717) is 37.6 Å². The van der Waals surface area contributed by atoms with Gasteiger partial charge in [0, 0.05) is 11.1 Å². The van der Waals surface area contributed by atoms with Crippen LogP contribution in [-0.2, 0) is 44.5 Å². The summed E-state index contributed by atoms with van der Waals surface area (Å²) in [7, 11) is 0. The minimum Gasteiger partial charge on any atom is -0.377 e. The predicted molar refractivity (Wildman–Crippen MR) is 162 cm³/mol. The van der Waals surface area contributed by atoms with Crippen molar-refractivity contribution in [2.24, 2.45) is 0 Å². The Balaban J connectivity index is 1.31. The van der Waals surface area contributed by atoms with E-state index in [9.17, 15) is 9.59 Å². The number of ether oxygens (including phenoxy) is 5. The average molecular weight is 587 g/mol. The number of fused-ring (bicyclic) bond motifs is 4. The van der Waals surface area contributed by atoms with Gasteiger partial charge in [0.05, 0.1) is 51.8 Å². The lowest BCUT2D eigenvalue weighted by atomic mass is 9.76. The van der Waals surface area contributed by atoms with E-state index in [-0.39, 0.29) is 37.0 Å². The number of rotatable bonds is 2. The highest BCUT2D eigenvalue weighted by Crippen LogP contribution is 2.44. The first kappa shape index (κ1) is 30.1. The smallest absolute Gasteiger partial charge is 0.189 e. The summed E-state index contributed by atoms with van der Waals surface area (Å²) >= 11 is 0. The third-order valence-electron chi connectivity index (χ3n) is 9.37. The van der Waals surface area contributed by atoms with Crippen molar-refractivity contribution in [2.45, 2.75) is 74.8 Å². The summed E-state index contributed by atoms with van der Waals surface area (Å²) in [6, 6.07) is 20.2. The van der Waals surface area contributed by atoms with E-state index < -0.39 is 11.2 Å². The van der Waals surface area contributed by atoms with Gasteiger partial charge in [0.2, 0.25) is 0 Å². The first-order valence-corrected chi connectivity index (χ1v) is 15.8. The zero-order chi connectivity index (χ0) is 29.5. The van der Waals surface area contributed by atoms with Crippen molar-refractivity contribution in [1.82, 2.24) is 0 Å². The van der Waals surface area contributed by atoms with Crippen molar-refractivity contribution in [1.29, 1.82) is 0 Å². The highest BCUT2D eigenvalue weighted by Gasteiger charge is 2.46. The number of hydrogen-bond donors (Lipinski definition) is 0. The zero-order valence-corrected chi connectivity index (χ0v) is 24.8. The van der Waals surface area contributed by atoms with Crippen molar-refractivity contribution in [3.05, 3.63) is 95.1 Å². The van der Waals surface area contributed by atoms with E-state index in [1.165, 1.54) is 12.2 Å². The van der Waals surface area contributed by atoms with Crippen LogP contribution < -0.4 is 0 Å². The van der Waals surface area contributed by atoms with Crippen LogP contribution in [-0.4, -0.2) is 63.4 Å². The molecule has 4 aliphatic rings. The molecule has 2 aromatic rings. The Morgan fingerprint density at radius 2 is 1.05 bits per heavy atom. The number of benzene rings is 2. The number of carbonyl (C=O) groups excluding carboxylic acids is 2. The fraction of sp³-hybridized carbons (Fsp3) is 0.500. The summed E-state index contributed by atoms with van der Waals surface area (Å²) in [5, 5.41) is 0. The second kappa shape index (κ2) is 13.8. The zero-order valence-electron chi connectivity index (χ0n) is 24.8. The molecule has 3 fully saturated rings. The summed E-state index contributed by atoms with van der Waals surface area (Å²) in [4.78, 5) is 26.8. The SMILES string of the molecule is O=C1C=C2CO[C@]3(c4ccccc4)CCCC[C@@H]3OCCOCCO[C@@H]3CCCC[C@]3(c3ccccc3)OCC(=C1)C2=O. The number of Topliss-reactive ketones (excluding diaryl/α,β-unsaturated/α-hetero) is 1. The molecule has 2 aromatic carbocycles. The van der Waals surface area contributed by atoms with Crippen LogP contribution in [0.4, 0.5) is 0 Å². The van der Waals surface area contributed by atoms with Gasteiger partial charge in [-0.1, -0.05) is 86.3 Å². The molecule has 0 unspecified atom stereocenters. The number of hydrogen-bond acceptors (Lipinski definition) is 7. The van der Waals surface area contributed by atoms with Crippen molar-refractivity contribution < 1.29 is 33.3 Å². The minimum atomic E-state index is -0.733. The van der Waals surface area contributed by atoms with Crippen LogP contribution in [0.15, 0.2) is 84.0 Å². The molecule has 0 radical (unpaired) electrons. The topological polar surface area (TPSA) is 80.3 Å². The maximum Gasteiger partial charge on any atom is 0.189 e. The Morgan fingerprint density at radius 3 is 1.51 bits per heavy atom. The van der Waals surface area contributed by atoms with Gasteiger partial charge in [-0.25, -0.2) is 0 Å². The molecule has 3 aliphatic carbocycles. The molecule has 7 heteroatoms. The normalized spacial score (nSPS) is 31.4. The van der Waals surface area contributed by atoms with Gasteiger partial charge >= 0.3 is 0 Å². The molecule has 7 nitrogen and oxygen atoms in total. The number of allylic oxidation sites excluding steroid dienone is 2. The lowest BCUT2D eigenvalue weighted by Crippen LogP contribution is -2.48. The fourth-order valence-corrected chi connectivity index (χ4v) is 7.21. The summed E-state index contributed by atoms with van der Waals surface area (Å²) in [6.07, 6.45) is 9.65. The molecule has 2 saturated carbocycles. The highest BCUT2D eigenvalue weighted by atomic mass is 16.6. The van der Waals surface area contributed by atoms with E-state index in [2.05, 4.69) is 24.3 Å². The van der Waals surface area contributed by atoms with Crippen molar-refractivity contribution in [2.75, 3.05) is 39.6 Å². The van der Waals surface area contributed by atoms with Crippen LogP contribution in [0.1, 0.15) is 62.5 Å². The van der Waals surface area contributed by atoms with Crippen molar-refractivity contribution in [3.63, 3.8) is 0 Å². The van der Waals surface area contributed by atoms with Crippen LogP contribution >= 0.6 is 0 Å². The van der Waals surface area contributed by atoms with E-state index in [0.717, 1.165) is 62.5 Å². The van der Waals surface area contributed by atoms with E-state index in [4.69, 9.17) is 23.7 Å². The average Bonchev–Trinajstić information content (AvgIpc) is 3.05. The predicted octanol–water partition coefficient (Wildman–Crippen LogP) is 5.76. The molecule has 43 heavy (non-hydrogen) atoms. The van der Waals surface area contributed by atoms with Gasteiger partial charge in [-0.2, -0.15) is 0 Å². The Bertz CT molecular complexity index is 1220. The second-order valence-corrected chi connectivity index (χ2v) is 12.0. The van der Waals surface area contributed by atoms with E-state index in [1.54, 1.807) is 0 Å². The molecule has 4 atom stereocenters. The molecule has 228 valence electrons. The molecular formula is C36H42O7. The third kappa shape index (κ3) is 6.47. The molecule has 0 N–H and O–H groups in total. The quantitative estimate of drug-likeness (QED) is 0.414. The standard InChI is InChI=1S/C36H42O7/c37-31-23-27-25-42-35(29-11-3-1-4-12-29)17-9-7-15-32(35)40-21-19-39-20-22-41-33-16-8-10-18-36(33,30-13-5-2-6-14-30)43-26-28(24-31)34(27)38/h1-6,11-14,23-24,32-33H,7-10,15-22,25-26H2/t32-,33+,35-,36+. The molecule has 2 bridgehead atoms. The monoisotopic (exact) mass is 586 g/mol. The van der Waals surface area contributed by atoms with Gasteiger partial charge < -0.3 is 23.7 Å². The molecule has 0 spiro atoms. The molecule has 0 amide bonds. The van der Waals surface area contributed by atoms with Crippen LogP contribution in [0.2, 0.25) is 0 Å². The molecular weight excluding hydrogens is 544 g/mol. The van der Waals surface area contributed by atoms with Crippen LogP contribution in [0.3, 0.4) is 0 Å². The van der Waals surface area contributed by atoms with Gasteiger partial charge in [0.1, 0.15) is 11.2 Å². The largest absolute Gasteiger partial charge is 0.377 e. The Labute approximate surface area is 254 Å². The summed E-state index contributed by atoms with van der Waals surface area (Å²) in [5.74, 6) is -0.430. The second-order valence-electron chi connectivity index (χ2n) is 12.0. The molecule has 0 aromatic heterocycles. The minimum absolute atomic E-state index is 0.0166. The molecule has 1 heterocycles. The van der Waals surface area contributed by atoms with Crippen molar-refractivity contribution in [3.8, 4) is 0 Å². The fourth-order valence-electron chi connectivity index (χ4n) is 7.21. The summed E-state index contributed by atoms with van der Waals surface area (Å²) < 4.78 is 32.4. The Kier molecular flexibility index (Phi) is 9.65. The summed E-state index contributed by atoms with van der Waals surface area (Å²) in [6.45, 7) is 1.78. The van der Waals surface area contributed by atoms with E-state index >= 15 is 0 Å². The van der Waals surface area contributed by atoms with Crippen molar-refractivity contribution >= 4 is 11.6 Å². The lowest BCUT2D eigenvalue weighted by Gasteiger charge is -2.45. The molecule has 1 aliphatic heterocycles.